The van der Waals surface area contributed by atoms with E-state index in [1.807, 2.05) is 41.5 Å². The van der Waals surface area contributed by atoms with E-state index >= 15 is 0 Å². The zero-order chi connectivity index (χ0) is 29.9. The molecule has 0 spiro atoms. The molecule has 0 bridgehead atoms. The molecule has 0 aliphatic rings. The number of carboxylic acid groups (broad SMARTS) is 1. The molecule has 39 heavy (non-hydrogen) atoms. The van der Waals surface area contributed by atoms with Crippen molar-refractivity contribution in [3.05, 3.63) is 23.8 Å². The number of rotatable bonds is 15. The van der Waals surface area contributed by atoms with E-state index in [1.165, 1.54) is 12.1 Å². The Labute approximate surface area is 231 Å². The van der Waals surface area contributed by atoms with E-state index in [9.17, 15) is 24.3 Å². The standard InChI is InChI=1S/C29H45NO9/c1-16(2)15-36-29(35)37-19(7)14-30-23(26(31)32)12-22-10-11-24(38-27(33)20(8)17(3)4)25(13-22)39-28(34)21(9)18(5)6/h10-11,13,16-21,23,30H,12,14-15H2,1-9H3,(H,31,32)/t19?,20?,21?,23-/m0/s1. The molecule has 1 aromatic carbocycles. The highest BCUT2D eigenvalue weighted by Gasteiger charge is 2.26. The Morgan fingerprint density at radius 3 is 1.85 bits per heavy atom. The van der Waals surface area contributed by atoms with Crippen LogP contribution < -0.4 is 14.8 Å². The van der Waals surface area contributed by atoms with Crippen LogP contribution in [0.15, 0.2) is 18.2 Å². The Morgan fingerprint density at radius 2 is 1.36 bits per heavy atom. The summed E-state index contributed by atoms with van der Waals surface area (Å²) < 4.78 is 21.3. The SMILES string of the molecule is CC(C)COC(=O)OC(C)CN[C@@H](Cc1ccc(OC(=O)C(C)C(C)C)c(OC(=O)C(C)C(C)C)c1)C(=O)O. The highest BCUT2D eigenvalue weighted by atomic mass is 16.7. The van der Waals surface area contributed by atoms with Gasteiger partial charge in [-0.05, 0) is 48.8 Å². The number of carbonyl (C=O) groups excluding carboxylic acids is 3. The molecule has 0 radical (unpaired) electrons. The molecule has 0 saturated carbocycles. The molecular formula is C29H45NO9. The van der Waals surface area contributed by atoms with Crippen molar-refractivity contribution in [3.8, 4) is 11.5 Å². The molecule has 0 amide bonds. The van der Waals surface area contributed by atoms with Crippen molar-refractivity contribution in [2.24, 2.45) is 29.6 Å². The van der Waals surface area contributed by atoms with Crippen LogP contribution in [0.1, 0.15) is 67.9 Å². The Hall–Kier alpha value is -3.14. The average Bonchev–Trinajstić information content (AvgIpc) is 2.85. The maximum absolute atomic E-state index is 12.7. The second-order valence-corrected chi connectivity index (χ2v) is 11.1. The van der Waals surface area contributed by atoms with Crippen LogP contribution in [0.25, 0.3) is 0 Å². The second kappa shape index (κ2) is 16.1. The number of hydrogen-bond acceptors (Lipinski definition) is 9. The molecule has 2 N–H and O–H groups in total. The minimum absolute atomic E-state index is 0.0279. The van der Waals surface area contributed by atoms with Crippen LogP contribution in [0.4, 0.5) is 4.79 Å². The third-order valence-electron chi connectivity index (χ3n) is 6.39. The molecule has 0 fully saturated rings. The Balaban J connectivity index is 3.05. The zero-order valence-electron chi connectivity index (χ0n) is 24.6. The average molecular weight is 552 g/mol. The fourth-order valence-corrected chi connectivity index (χ4v) is 3.06. The first-order valence-corrected chi connectivity index (χ1v) is 13.5. The van der Waals surface area contributed by atoms with Crippen molar-refractivity contribution in [2.75, 3.05) is 13.2 Å². The summed E-state index contributed by atoms with van der Waals surface area (Å²) >= 11 is 0. The van der Waals surface area contributed by atoms with E-state index in [4.69, 9.17) is 18.9 Å². The summed E-state index contributed by atoms with van der Waals surface area (Å²) in [6.07, 6.45) is -1.42. The van der Waals surface area contributed by atoms with Gasteiger partial charge in [-0.25, -0.2) is 4.79 Å². The van der Waals surface area contributed by atoms with Gasteiger partial charge in [-0.3, -0.25) is 14.4 Å². The third-order valence-corrected chi connectivity index (χ3v) is 6.39. The number of esters is 2. The number of benzene rings is 1. The molecule has 0 heterocycles. The number of carboxylic acids is 1. The molecule has 1 rings (SSSR count). The quantitative estimate of drug-likeness (QED) is 0.229. The zero-order valence-corrected chi connectivity index (χ0v) is 24.6. The number of ether oxygens (including phenoxy) is 4. The Kier molecular flexibility index (Phi) is 14.0. The van der Waals surface area contributed by atoms with Crippen LogP contribution in [0.5, 0.6) is 11.5 Å². The molecule has 1 aromatic rings. The van der Waals surface area contributed by atoms with Gasteiger partial charge in [0.1, 0.15) is 12.1 Å². The van der Waals surface area contributed by atoms with Crippen molar-refractivity contribution in [2.45, 2.75) is 80.9 Å². The largest absolute Gasteiger partial charge is 0.508 e. The summed E-state index contributed by atoms with van der Waals surface area (Å²) in [5, 5.41) is 12.6. The Morgan fingerprint density at radius 1 is 0.821 bits per heavy atom. The van der Waals surface area contributed by atoms with Gasteiger partial charge in [0.05, 0.1) is 18.4 Å². The molecule has 4 atom stereocenters. The summed E-state index contributed by atoms with van der Waals surface area (Å²) in [4.78, 5) is 49.0. The number of carbonyl (C=O) groups is 4. The number of hydrogen-bond donors (Lipinski definition) is 2. The fourth-order valence-electron chi connectivity index (χ4n) is 3.06. The lowest BCUT2D eigenvalue weighted by atomic mass is 9.98. The minimum Gasteiger partial charge on any atom is -0.480 e. The molecule has 3 unspecified atom stereocenters. The maximum atomic E-state index is 12.7. The maximum Gasteiger partial charge on any atom is 0.508 e. The van der Waals surface area contributed by atoms with Gasteiger partial charge in [0, 0.05) is 6.54 Å². The third kappa shape index (κ3) is 12.1. The first-order valence-electron chi connectivity index (χ1n) is 13.5. The number of aliphatic carboxylic acids is 1. The van der Waals surface area contributed by atoms with Crippen molar-refractivity contribution in [1.29, 1.82) is 0 Å². The first-order chi connectivity index (χ1) is 18.1. The van der Waals surface area contributed by atoms with Crippen LogP contribution in [0.3, 0.4) is 0 Å². The van der Waals surface area contributed by atoms with Gasteiger partial charge in [0.2, 0.25) is 0 Å². The highest BCUT2D eigenvalue weighted by Crippen LogP contribution is 2.31. The predicted molar refractivity (Wildman–Crippen MR) is 146 cm³/mol. The molecule has 0 aliphatic heterocycles. The van der Waals surface area contributed by atoms with E-state index in [-0.39, 0.29) is 54.7 Å². The normalized spacial score (nSPS) is 14.5. The summed E-state index contributed by atoms with van der Waals surface area (Å²) in [5.74, 6) is -2.48. The molecule has 220 valence electrons. The van der Waals surface area contributed by atoms with Gasteiger partial charge < -0.3 is 29.4 Å². The van der Waals surface area contributed by atoms with Crippen LogP contribution >= 0.6 is 0 Å². The van der Waals surface area contributed by atoms with E-state index in [2.05, 4.69) is 5.32 Å². The monoisotopic (exact) mass is 551 g/mol. The van der Waals surface area contributed by atoms with Crippen molar-refractivity contribution >= 4 is 24.1 Å². The lowest BCUT2D eigenvalue weighted by Crippen LogP contribution is -2.42. The predicted octanol–water partition coefficient (Wildman–Crippen LogP) is 4.86. The van der Waals surface area contributed by atoms with E-state index in [0.29, 0.717) is 5.56 Å². The smallest absolute Gasteiger partial charge is 0.480 e. The van der Waals surface area contributed by atoms with Gasteiger partial charge in [-0.2, -0.15) is 0 Å². The first kappa shape index (κ1) is 33.9. The second-order valence-electron chi connectivity index (χ2n) is 11.1. The van der Waals surface area contributed by atoms with Gasteiger partial charge in [-0.1, -0.05) is 61.5 Å². The van der Waals surface area contributed by atoms with Crippen LogP contribution in [0.2, 0.25) is 0 Å². The van der Waals surface area contributed by atoms with Crippen LogP contribution in [0, 0.1) is 29.6 Å². The minimum atomic E-state index is -1.11. The summed E-state index contributed by atoms with van der Waals surface area (Å²) in [5.41, 5.74) is 0.538. The molecule has 0 aromatic heterocycles. The summed E-state index contributed by atoms with van der Waals surface area (Å²) in [6, 6.07) is 3.59. The molecular weight excluding hydrogens is 506 g/mol. The summed E-state index contributed by atoms with van der Waals surface area (Å²) in [7, 11) is 0. The van der Waals surface area contributed by atoms with Crippen molar-refractivity contribution in [1.82, 2.24) is 5.32 Å². The van der Waals surface area contributed by atoms with Gasteiger partial charge in [0.25, 0.3) is 0 Å². The van der Waals surface area contributed by atoms with Crippen LogP contribution in [-0.4, -0.2) is 54.5 Å². The van der Waals surface area contributed by atoms with Gasteiger partial charge >= 0.3 is 24.1 Å². The molecule has 0 saturated heterocycles. The van der Waals surface area contributed by atoms with Crippen molar-refractivity contribution < 1.29 is 43.2 Å². The van der Waals surface area contributed by atoms with E-state index in [1.54, 1.807) is 26.8 Å². The van der Waals surface area contributed by atoms with Gasteiger partial charge in [-0.15, -0.1) is 0 Å². The topological polar surface area (TPSA) is 137 Å². The molecule has 10 nitrogen and oxygen atoms in total. The fraction of sp³-hybridized carbons (Fsp3) is 0.655. The van der Waals surface area contributed by atoms with E-state index < -0.39 is 42.1 Å². The van der Waals surface area contributed by atoms with E-state index in [0.717, 1.165) is 0 Å². The number of nitrogens with one attached hydrogen (secondary N) is 1. The van der Waals surface area contributed by atoms with Gasteiger partial charge in [0.15, 0.2) is 11.5 Å². The highest BCUT2D eigenvalue weighted by molar-refractivity contribution is 5.79. The van der Waals surface area contributed by atoms with Crippen LogP contribution in [-0.2, 0) is 30.3 Å². The summed E-state index contributed by atoms with van der Waals surface area (Å²) in [6.45, 7) is 16.8. The lowest BCUT2D eigenvalue weighted by molar-refractivity contribution is -0.142. The lowest BCUT2D eigenvalue weighted by Gasteiger charge is -2.20. The Bertz CT molecular complexity index is 974. The van der Waals surface area contributed by atoms with Crippen molar-refractivity contribution in [3.63, 3.8) is 0 Å². The molecule has 0 aliphatic carbocycles. The molecule has 10 heteroatoms.